The Labute approximate surface area is 348 Å². The third-order valence-electron chi connectivity index (χ3n) is 13.2. The molecule has 1 atom stereocenters. The number of aromatic nitrogens is 2. The molecule has 4 nitrogen and oxygen atoms in total. The van der Waals surface area contributed by atoms with Crippen LogP contribution in [0.15, 0.2) is 188 Å². The van der Waals surface area contributed by atoms with E-state index in [9.17, 15) is 0 Å². The van der Waals surface area contributed by atoms with Crippen LogP contribution in [0.2, 0.25) is 0 Å². The normalized spacial score (nSPS) is 16.1. The second-order valence-electron chi connectivity index (χ2n) is 16.3. The number of hydrogen-bond donors (Lipinski definition) is 1. The van der Waals surface area contributed by atoms with Crippen molar-refractivity contribution in [3.8, 4) is 45.0 Å². The Bertz CT molecular complexity index is 3300. The number of benzene rings is 7. The minimum absolute atomic E-state index is 0.0389. The van der Waals surface area contributed by atoms with Crippen LogP contribution in [-0.2, 0) is 5.41 Å². The van der Waals surface area contributed by atoms with Crippen molar-refractivity contribution < 1.29 is 4.74 Å². The van der Waals surface area contributed by atoms with Crippen LogP contribution in [0, 0.1) is 0 Å². The molecule has 4 aliphatic rings. The van der Waals surface area contributed by atoms with E-state index >= 15 is 0 Å². The predicted molar refractivity (Wildman–Crippen MR) is 244 cm³/mol. The summed E-state index contributed by atoms with van der Waals surface area (Å²) in [5.41, 5.74) is 18.8. The van der Waals surface area contributed by atoms with Crippen LogP contribution in [0.4, 0.5) is 5.69 Å². The molecule has 0 radical (unpaired) electrons. The molecule has 9 aromatic rings. The van der Waals surface area contributed by atoms with E-state index in [1.807, 2.05) is 0 Å². The summed E-state index contributed by atoms with van der Waals surface area (Å²) in [7, 11) is 0. The largest absolute Gasteiger partial charge is 0.457 e. The molecule has 1 spiro atoms. The van der Waals surface area contributed by atoms with E-state index in [1.165, 1.54) is 50.1 Å². The molecule has 0 amide bonds. The average Bonchev–Trinajstić information content (AvgIpc) is 3.62. The number of fused-ring (bicyclic) bond motifs is 16. The zero-order chi connectivity index (χ0) is 39.4. The predicted octanol–water partition coefficient (Wildman–Crippen LogP) is 13.8. The highest BCUT2D eigenvalue weighted by molar-refractivity contribution is 6.07. The van der Waals surface area contributed by atoms with Gasteiger partial charge >= 0.3 is 0 Å². The number of para-hydroxylation sites is 3. The second-order valence-corrected chi connectivity index (χ2v) is 16.3. The molecule has 4 heterocycles. The lowest BCUT2D eigenvalue weighted by Gasteiger charge is -2.40. The fourth-order valence-electron chi connectivity index (χ4n) is 10.7. The lowest BCUT2D eigenvalue weighted by molar-refractivity contribution is 0.436. The van der Waals surface area contributed by atoms with Crippen molar-refractivity contribution in [1.82, 2.24) is 9.97 Å². The van der Waals surface area contributed by atoms with Gasteiger partial charge in [0.15, 0.2) is 0 Å². The number of ether oxygens (including phenoxy) is 1. The van der Waals surface area contributed by atoms with Crippen molar-refractivity contribution in [3.05, 3.63) is 227 Å². The average molecular weight is 768 g/mol. The number of allylic oxidation sites excluding steroid dienone is 4. The first-order valence-electron chi connectivity index (χ1n) is 20.9. The molecule has 0 saturated heterocycles. The number of rotatable bonds is 3. The molecule has 0 saturated carbocycles. The van der Waals surface area contributed by atoms with E-state index in [0.29, 0.717) is 0 Å². The number of pyridine rings is 2. The van der Waals surface area contributed by atoms with Gasteiger partial charge in [0, 0.05) is 38.7 Å². The summed E-state index contributed by atoms with van der Waals surface area (Å²) in [6.07, 6.45) is 8.59. The zero-order valence-electron chi connectivity index (χ0n) is 32.7. The Kier molecular flexibility index (Phi) is 7.08. The van der Waals surface area contributed by atoms with Crippen LogP contribution in [0.5, 0.6) is 11.5 Å². The van der Waals surface area contributed by atoms with Crippen molar-refractivity contribution in [3.63, 3.8) is 0 Å². The smallest absolute Gasteiger partial charge is 0.132 e. The van der Waals surface area contributed by atoms with Gasteiger partial charge in [-0.1, -0.05) is 158 Å². The Hall–Kier alpha value is -7.56. The van der Waals surface area contributed by atoms with E-state index < -0.39 is 5.41 Å². The number of hydrogen-bond acceptors (Lipinski definition) is 4. The molecule has 2 aliphatic heterocycles. The summed E-state index contributed by atoms with van der Waals surface area (Å²) in [5.74, 6) is 1.76. The Morgan fingerprint density at radius 1 is 0.517 bits per heavy atom. The standard InChI is InChI=1S/C56H37N3O/c1-3-14-34(15-4-1)45-32-28-36-26-27-37-29-33-47(59-55(37)54(36)57-45)39-19-13-22-43-51(39)52-44(56(43)41-20-8-11-24-48(41)60-49-25-12-9-21-42(49)56)31-30-40-50(52)38-18-7-10-23-46(38)58-53(40)35-16-5-2-6-17-35/h1-3,5-14,16-33,53,58H,4,15H2. The summed E-state index contributed by atoms with van der Waals surface area (Å²) < 4.78 is 6.76. The maximum atomic E-state index is 6.76. The molecule has 282 valence electrons. The minimum atomic E-state index is -0.647. The molecule has 4 heteroatoms. The second kappa shape index (κ2) is 12.7. The fraction of sp³-hybridized carbons (Fsp3) is 0.0714. The van der Waals surface area contributed by atoms with Gasteiger partial charge in [0.2, 0.25) is 0 Å². The van der Waals surface area contributed by atoms with Crippen LogP contribution >= 0.6 is 0 Å². The van der Waals surface area contributed by atoms with Crippen molar-refractivity contribution in [2.24, 2.45) is 0 Å². The molecule has 1 unspecified atom stereocenters. The van der Waals surface area contributed by atoms with E-state index in [2.05, 4.69) is 193 Å². The lowest BCUT2D eigenvalue weighted by atomic mass is 9.65. The van der Waals surface area contributed by atoms with Gasteiger partial charge in [-0.05, 0) is 87.7 Å². The van der Waals surface area contributed by atoms with Crippen LogP contribution < -0.4 is 10.1 Å². The fourth-order valence-corrected chi connectivity index (χ4v) is 10.7. The van der Waals surface area contributed by atoms with Gasteiger partial charge < -0.3 is 10.1 Å². The minimum Gasteiger partial charge on any atom is -0.457 e. The lowest BCUT2D eigenvalue weighted by Crippen LogP contribution is -2.32. The molecular weight excluding hydrogens is 731 g/mol. The van der Waals surface area contributed by atoms with E-state index in [1.54, 1.807) is 0 Å². The summed E-state index contributed by atoms with van der Waals surface area (Å²) in [4.78, 5) is 10.9. The molecule has 0 bridgehead atoms. The Balaban J connectivity index is 1.15. The molecule has 2 aliphatic carbocycles. The first kappa shape index (κ1) is 33.4. The van der Waals surface area contributed by atoms with E-state index in [0.717, 1.165) is 79.9 Å². The molecule has 0 fully saturated rings. The summed E-state index contributed by atoms with van der Waals surface area (Å²) >= 11 is 0. The van der Waals surface area contributed by atoms with Gasteiger partial charge in [-0.2, -0.15) is 0 Å². The van der Waals surface area contributed by atoms with E-state index in [-0.39, 0.29) is 6.04 Å². The Morgan fingerprint density at radius 2 is 1.15 bits per heavy atom. The van der Waals surface area contributed by atoms with Crippen molar-refractivity contribution in [2.45, 2.75) is 24.3 Å². The first-order valence-corrected chi connectivity index (χ1v) is 20.9. The van der Waals surface area contributed by atoms with Gasteiger partial charge in [-0.25, -0.2) is 9.97 Å². The highest BCUT2D eigenvalue weighted by atomic mass is 16.5. The van der Waals surface area contributed by atoms with Gasteiger partial charge in [0.05, 0.1) is 33.9 Å². The van der Waals surface area contributed by atoms with Crippen LogP contribution in [-0.4, -0.2) is 9.97 Å². The van der Waals surface area contributed by atoms with Gasteiger partial charge in [-0.15, -0.1) is 0 Å². The van der Waals surface area contributed by atoms with Crippen molar-refractivity contribution >= 4 is 33.1 Å². The summed E-state index contributed by atoms with van der Waals surface area (Å²) in [5, 5.41) is 6.12. The SMILES string of the molecule is C1=CCCC(c2ccc3ccc4ccc(-c5cccc6c5-c5c(ccc7c5-c5ccccc5NC7c5ccccc5)C65c6ccccc6Oc6ccccc65)nc4c3n2)=C1. The molecule has 1 N–H and O–H groups in total. The quantitative estimate of drug-likeness (QED) is 0.182. The number of nitrogens with one attached hydrogen (secondary N) is 1. The van der Waals surface area contributed by atoms with Crippen LogP contribution in [0.25, 0.3) is 60.9 Å². The first-order chi connectivity index (χ1) is 29.8. The molecule has 13 rings (SSSR count). The maximum absolute atomic E-state index is 6.76. The van der Waals surface area contributed by atoms with Gasteiger partial charge in [-0.3, -0.25) is 0 Å². The van der Waals surface area contributed by atoms with Crippen LogP contribution in [0.1, 0.15) is 58.0 Å². The van der Waals surface area contributed by atoms with E-state index in [4.69, 9.17) is 14.7 Å². The molecular formula is C56H37N3O. The summed E-state index contributed by atoms with van der Waals surface area (Å²) in [6.45, 7) is 0. The van der Waals surface area contributed by atoms with Crippen molar-refractivity contribution in [2.75, 3.05) is 5.32 Å². The Morgan fingerprint density at radius 3 is 1.92 bits per heavy atom. The van der Waals surface area contributed by atoms with Crippen molar-refractivity contribution in [1.29, 1.82) is 0 Å². The maximum Gasteiger partial charge on any atom is 0.132 e. The van der Waals surface area contributed by atoms with Crippen LogP contribution in [0.3, 0.4) is 0 Å². The van der Waals surface area contributed by atoms with Gasteiger partial charge in [0.1, 0.15) is 11.5 Å². The third-order valence-corrected chi connectivity index (χ3v) is 13.2. The third kappa shape index (κ3) is 4.62. The zero-order valence-corrected chi connectivity index (χ0v) is 32.7. The number of nitrogens with zero attached hydrogens (tertiary/aromatic N) is 2. The summed E-state index contributed by atoms with van der Waals surface area (Å²) in [6, 6.07) is 61.6. The number of anilines is 1. The monoisotopic (exact) mass is 767 g/mol. The molecule has 7 aromatic carbocycles. The highest BCUT2D eigenvalue weighted by Gasteiger charge is 2.53. The highest BCUT2D eigenvalue weighted by Crippen LogP contribution is 2.66. The molecule has 60 heavy (non-hydrogen) atoms. The molecule has 2 aromatic heterocycles. The van der Waals surface area contributed by atoms with Gasteiger partial charge in [0.25, 0.3) is 0 Å². The topological polar surface area (TPSA) is 47.0 Å².